The van der Waals surface area contributed by atoms with Crippen molar-refractivity contribution in [1.29, 1.82) is 0 Å². The van der Waals surface area contributed by atoms with Gasteiger partial charge in [0.25, 0.3) is 0 Å². The molecule has 0 aliphatic carbocycles. The molecule has 1 amide bonds. The number of pyridine rings is 1. The molecule has 0 bridgehead atoms. The summed E-state index contributed by atoms with van der Waals surface area (Å²) < 4.78 is 82.7. The fourth-order valence-electron chi connectivity index (χ4n) is 3.05. The van der Waals surface area contributed by atoms with E-state index in [9.17, 15) is 31.5 Å². The standard InChI is InChI=1S/C22H27ClF3N3O7S/c1-4-19(14(2)36-20-18(23)11-16(12-27-20)22(24,25)26)28-37(32,33)29(21(30)31)13-15-5-7-17(8-6-15)35-10-9-34-3/h5-8,11-12,14,19,28H,4,9-10,13H2,1-3H3,(H,30,31). The zero-order valence-corrected chi connectivity index (χ0v) is 21.7. The van der Waals surface area contributed by atoms with Gasteiger partial charge < -0.3 is 19.3 Å². The normalized spacial score (nSPS) is 13.6. The van der Waals surface area contributed by atoms with Crippen LogP contribution < -0.4 is 14.2 Å². The lowest BCUT2D eigenvalue weighted by Crippen LogP contribution is -2.51. The number of hydrogen-bond donors (Lipinski definition) is 2. The summed E-state index contributed by atoms with van der Waals surface area (Å²) in [5, 5.41) is 9.16. The van der Waals surface area contributed by atoms with Gasteiger partial charge in [-0.25, -0.2) is 9.78 Å². The summed E-state index contributed by atoms with van der Waals surface area (Å²) in [5.74, 6) is 0.166. The lowest BCUT2D eigenvalue weighted by molar-refractivity contribution is -0.137. The maximum Gasteiger partial charge on any atom is 0.422 e. The molecular formula is C22H27ClF3N3O7S. The van der Waals surface area contributed by atoms with E-state index in [4.69, 9.17) is 25.8 Å². The molecule has 2 N–H and O–H groups in total. The highest BCUT2D eigenvalue weighted by molar-refractivity contribution is 7.87. The Kier molecular flexibility index (Phi) is 10.8. The van der Waals surface area contributed by atoms with Crippen molar-refractivity contribution < 1.29 is 45.7 Å². The summed E-state index contributed by atoms with van der Waals surface area (Å²) in [4.78, 5) is 15.4. The molecule has 0 aliphatic heterocycles. The smallest absolute Gasteiger partial charge is 0.422 e. The molecule has 0 saturated heterocycles. The van der Waals surface area contributed by atoms with Crippen molar-refractivity contribution in [2.75, 3.05) is 20.3 Å². The van der Waals surface area contributed by atoms with Crippen LogP contribution in [-0.4, -0.2) is 61.4 Å². The topological polar surface area (TPSA) is 127 Å². The molecule has 0 spiro atoms. The molecule has 15 heteroatoms. The van der Waals surface area contributed by atoms with E-state index in [0.29, 0.717) is 36.8 Å². The first-order chi connectivity index (χ1) is 17.3. The molecule has 1 aromatic carbocycles. The maximum absolute atomic E-state index is 12.9. The fourth-order valence-corrected chi connectivity index (χ4v) is 4.65. The quantitative estimate of drug-likeness (QED) is 0.341. The van der Waals surface area contributed by atoms with E-state index in [2.05, 4.69) is 9.71 Å². The van der Waals surface area contributed by atoms with Gasteiger partial charge in [0.15, 0.2) is 0 Å². The van der Waals surface area contributed by atoms with E-state index < -0.39 is 51.8 Å². The van der Waals surface area contributed by atoms with Crippen molar-refractivity contribution in [2.24, 2.45) is 0 Å². The number of aromatic nitrogens is 1. The zero-order chi connectivity index (χ0) is 27.8. The van der Waals surface area contributed by atoms with Gasteiger partial charge in [-0.3, -0.25) is 0 Å². The molecule has 2 atom stereocenters. The van der Waals surface area contributed by atoms with Crippen LogP contribution in [0.15, 0.2) is 36.5 Å². The molecule has 0 radical (unpaired) electrons. The Morgan fingerprint density at radius 3 is 2.41 bits per heavy atom. The number of halogens is 4. The number of carbonyl (C=O) groups is 1. The second-order valence-corrected chi connectivity index (χ2v) is 9.78. The first-order valence-electron chi connectivity index (χ1n) is 10.9. The number of nitrogens with zero attached hydrogens (tertiary/aromatic N) is 2. The lowest BCUT2D eigenvalue weighted by atomic mass is 10.1. The van der Waals surface area contributed by atoms with Gasteiger partial charge in [0.05, 0.1) is 24.8 Å². The molecule has 2 rings (SSSR count). The minimum absolute atomic E-state index is 0.152. The van der Waals surface area contributed by atoms with Gasteiger partial charge in [0, 0.05) is 13.3 Å². The third-order valence-electron chi connectivity index (χ3n) is 5.05. The minimum Gasteiger partial charge on any atom is -0.491 e. The lowest BCUT2D eigenvalue weighted by Gasteiger charge is -2.27. The highest BCUT2D eigenvalue weighted by Crippen LogP contribution is 2.33. The zero-order valence-electron chi connectivity index (χ0n) is 20.2. The van der Waals surface area contributed by atoms with Crippen LogP contribution in [0.3, 0.4) is 0 Å². The molecule has 10 nitrogen and oxygen atoms in total. The molecular weight excluding hydrogens is 543 g/mol. The molecule has 2 unspecified atom stereocenters. The molecule has 0 fully saturated rings. The van der Waals surface area contributed by atoms with Crippen LogP contribution in [0.1, 0.15) is 31.4 Å². The molecule has 1 aromatic heterocycles. The number of benzene rings is 1. The van der Waals surface area contributed by atoms with Crippen molar-refractivity contribution in [3.63, 3.8) is 0 Å². The van der Waals surface area contributed by atoms with Crippen molar-refractivity contribution in [3.05, 3.63) is 52.7 Å². The predicted octanol–water partition coefficient (Wildman–Crippen LogP) is 4.34. The van der Waals surface area contributed by atoms with Gasteiger partial charge in [-0.2, -0.15) is 30.6 Å². The van der Waals surface area contributed by atoms with Gasteiger partial charge in [-0.1, -0.05) is 30.7 Å². The van der Waals surface area contributed by atoms with E-state index in [0.717, 1.165) is 0 Å². The van der Waals surface area contributed by atoms with Gasteiger partial charge in [-0.15, -0.1) is 0 Å². The highest BCUT2D eigenvalue weighted by atomic mass is 35.5. The second kappa shape index (κ2) is 13.1. The number of alkyl halides is 3. The molecule has 0 saturated carbocycles. The Morgan fingerprint density at radius 2 is 1.89 bits per heavy atom. The summed E-state index contributed by atoms with van der Waals surface area (Å²) in [6.45, 7) is 3.25. The largest absolute Gasteiger partial charge is 0.491 e. The van der Waals surface area contributed by atoms with Crippen LogP contribution in [0.5, 0.6) is 11.6 Å². The monoisotopic (exact) mass is 569 g/mol. The minimum atomic E-state index is -4.65. The van der Waals surface area contributed by atoms with Crippen molar-refractivity contribution in [3.8, 4) is 11.6 Å². The first kappa shape index (κ1) is 30.4. The molecule has 206 valence electrons. The van der Waals surface area contributed by atoms with Gasteiger partial charge in [0.1, 0.15) is 23.5 Å². The molecule has 0 aliphatic rings. The number of nitrogens with one attached hydrogen (secondary N) is 1. The number of hydrogen-bond acceptors (Lipinski definition) is 7. The van der Waals surface area contributed by atoms with Crippen LogP contribution in [0, 0.1) is 0 Å². The molecule has 2 aromatic rings. The average Bonchev–Trinajstić information content (AvgIpc) is 2.82. The van der Waals surface area contributed by atoms with Crippen LogP contribution in [-0.2, 0) is 27.7 Å². The van der Waals surface area contributed by atoms with Crippen molar-refractivity contribution >= 4 is 27.9 Å². The number of carboxylic acid groups (broad SMARTS) is 1. The van der Waals surface area contributed by atoms with Crippen LogP contribution >= 0.6 is 11.6 Å². The van der Waals surface area contributed by atoms with E-state index in [-0.39, 0.29) is 16.6 Å². The van der Waals surface area contributed by atoms with Crippen LogP contribution in [0.4, 0.5) is 18.0 Å². The summed E-state index contributed by atoms with van der Waals surface area (Å²) in [6, 6.07) is 5.85. The fraction of sp³-hybridized carbons (Fsp3) is 0.455. The van der Waals surface area contributed by atoms with E-state index >= 15 is 0 Å². The molecule has 1 heterocycles. The van der Waals surface area contributed by atoms with E-state index in [1.807, 2.05) is 0 Å². The average molecular weight is 570 g/mol. The molecule has 37 heavy (non-hydrogen) atoms. The maximum atomic E-state index is 12.9. The Hall–Kier alpha value is -2.81. The van der Waals surface area contributed by atoms with E-state index in [1.165, 1.54) is 26.2 Å². The number of rotatable bonds is 13. The Morgan fingerprint density at radius 1 is 1.24 bits per heavy atom. The van der Waals surface area contributed by atoms with Gasteiger partial charge >= 0.3 is 22.5 Å². The predicted molar refractivity (Wildman–Crippen MR) is 128 cm³/mol. The Bertz CT molecular complexity index is 1150. The third kappa shape index (κ3) is 8.91. The highest BCUT2D eigenvalue weighted by Gasteiger charge is 2.34. The summed E-state index contributed by atoms with van der Waals surface area (Å²) in [7, 11) is -3.05. The van der Waals surface area contributed by atoms with E-state index in [1.54, 1.807) is 19.1 Å². The summed E-state index contributed by atoms with van der Waals surface area (Å²) >= 11 is 5.86. The van der Waals surface area contributed by atoms with Crippen molar-refractivity contribution in [1.82, 2.24) is 14.0 Å². The summed E-state index contributed by atoms with van der Waals surface area (Å²) in [6.07, 6.45) is -6.65. The van der Waals surface area contributed by atoms with Crippen LogP contribution in [0.2, 0.25) is 5.02 Å². The summed E-state index contributed by atoms with van der Waals surface area (Å²) in [5.41, 5.74) is -0.693. The second-order valence-electron chi connectivity index (χ2n) is 7.74. The van der Waals surface area contributed by atoms with Gasteiger partial charge in [0.2, 0.25) is 5.88 Å². The third-order valence-corrected chi connectivity index (χ3v) is 6.79. The van der Waals surface area contributed by atoms with Crippen LogP contribution in [0.25, 0.3) is 0 Å². The Balaban J connectivity index is 2.12. The number of methoxy groups -OCH3 is 1. The first-order valence-corrected chi connectivity index (χ1v) is 12.7. The Labute approximate surface area is 217 Å². The van der Waals surface area contributed by atoms with Crippen molar-refractivity contribution in [2.45, 2.75) is 45.1 Å². The number of ether oxygens (including phenoxy) is 3. The number of amides is 1. The van der Waals surface area contributed by atoms with Gasteiger partial charge in [-0.05, 0) is 37.1 Å². The SMILES string of the molecule is CCC(NS(=O)(=O)N(Cc1ccc(OCCOC)cc1)C(=O)O)C(C)Oc1ncc(C(F)(F)F)cc1Cl.